The second kappa shape index (κ2) is 9.19. The van der Waals surface area contributed by atoms with Crippen LogP contribution >= 0.6 is 23.2 Å². The van der Waals surface area contributed by atoms with E-state index < -0.39 is 10.8 Å². The first-order valence-corrected chi connectivity index (χ1v) is 10.5. The standard InChI is InChI=1S/C20H16Cl2N2O3S/c1-28(26)17-7-5-16(6-8-17)27-19-9-3-14(12-23-19)20(25)24-11-13-2-4-15(21)10-18(13)22/h2-10,12H,11H2,1H3,(H,24,25). The Labute approximate surface area is 175 Å². The fourth-order valence-corrected chi connectivity index (χ4v) is 3.33. The van der Waals surface area contributed by atoms with E-state index in [-0.39, 0.29) is 12.5 Å². The highest BCUT2D eigenvalue weighted by Gasteiger charge is 2.09. The van der Waals surface area contributed by atoms with E-state index in [9.17, 15) is 9.00 Å². The highest BCUT2D eigenvalue weighted by atomic mass is 35.5. The van der Waals surface area contributed by atoms with Crippen LogP contribution in [0.5, 0.6) is 11.6 Å². The molecule has 5 nitrogen and oxygen atoms in total. The van der Waals surface area contributed by atoms with Crippen LogP contribution in [0.25, 0.3) is 0 Å². The van der Waals surface area contributed by atoms with Crippen molar-refractivity contribution in [3.63, 3.8) is 0 Å². The maximum absolute atomic E-state index is 12.3. The first-order valence-electron chi connectivity index (χ1n) is 8.22. The van der Waals surface area contributed by atoms with Gasteiger partial charge in [0.2, 0.25) is 5.88 Å². The summed E-state index contributed by atoms with van der Waals surface area (Å²) in [6.07, 6.45) is 3.05. The van der Waals surface area contributed by atoms with E-state index in [0.29, 0.717) is 32.1 Å². The van der Waals surface area contributed by atoms with E-state index in [1.165, 1.54) is 6.20 Å². The van der Waals surface area contributed by atoms with Gasteiger partial charge in [-0.1, -0.05) is 29.3 Å². The van der Waals surface area contributed by atoms with Crippen molar-refractivity contribution in [1.29, 1.82) is 0 Å². The molecular weight excluding hydrogens is 419 g/mol. The lowest BCUT2D eigenvalue weighted by molar-refractivity contribution is 0.0950. The van der Waals surface area contributed by atoms with Gasteiger partial charge in [-0.25, -0.2) is 4.98 Å². The largest absolute Gasteiger partial charge is 0.439 e. The molecule has 1 amide bonds. The summed E-state index contributed by atoms with van der Waals surface area (Å²) < 4.78 is 17.0. The minimum atomic E-state index is -1.04. The van der Waals surface area contributed by atoms with Gasteiger partial charge in [-0.05, 0) is 48.0 Å². The number of hydrogen-bond acceptors (Lipinski definition) is 4. The third-order valence-electron chi connectivity index (χ3n) is 3.83. The predicted octanol–water partition coefficient (Wildman–Crippen LogP) is 4.85. The zero-order chi connectivity index (χ0) is 20.1. The topological polar surface area (TPSA) is 68.3 Å². The molecule has 0 bridgehead atoms. The van der Waals surface area contributed by atoms with Crippen LogP contribution in [0, 0.1) is 0 Å². The Balaban J connectivity index is 1.60. The number of nitrogens with zero attached hydrogens (tertiary/aromatic N) is 1. The molecule has 1 heterocycles. The van der Waals surface area contributed by atoms with Crippen LogP contribution in [-0.2, 0) is 17.3 Å². The Morgan fingerprint density at radius 2 is 1.86 bits per heavy atom. The van der Waals surface area contributed by atoms with Gasteiger partial charge in [-0.2, -0.15) is 0 Å². The quantitative estimate of drug-likeness (QED) is 0.601. The average Bonchev–Trinajstić information content (AvgIpc) is 2.68. The van der Waals surface area contributed by atoms with Crippen molar-refractivity contribution in [2.24, 2.45) is 0 Å². The molecule has 1 atom stereocenters. The number of nitrogens with one attached hydrogen (secondary N) is 1. The van der Waals surface area contributed by atoms with Gasteiger partial charge in [0.1, 0.15) is 5.75 Å². The van der Waals surface area contributed by atoms with E-state index in [2.05, 4.69) is 10.3 Å². The third kappa shape index (κ3) is 5.32. The second-order valence-corrected chi connectivity index (χ2v) is 8.05. The Hall–Kier alpha value is -2.41. The van der Waals surface area contributed by atoms with Gasteiger partial charge < -0.3 is 10.1 Å². The van der Waals surface area contributed by atoms with Crippen LogP contribution in [0.1, 0.15) is 15.9 Å². The molecule has 0 radical (unpaired) electrons. The number of pyridine rings is 1. The number of benzene rings is 2. The van der Waals surface area contributed by atoms with Gasteiger partial charge in [-0.3, -0.25) is 9.00 Å². The Morgan fingerprint density at radius 1 is 1.11 bits per heavy atom. The van der Waals surface area contributed by atoms with E-state index in [0.717, 1.165) is 5.56 Å². The van der Waals surface area contributed by atoms with Gasteiger partial charge in [0, 0.05) is 50.8 Å². The summed E-state index contributed by atoms with van der Waals surface area (Å²) in [5, 5.41) is 3.82. The molecule has 0 spiro atoms. The Bertz CT molecular complexity index is 1010. The summed E-state index contributed by atoms with van der Waals surface area (Å²) in [7, 11) is -1.04. The van der Waals surface area contributed by atoms with Crippen LogP contribution in [-0.4, -0.2) is 21.4 Å². The first kappa shape index (κ1) is 20.3. The molecule has 0 fully saturated rings. The molecule has 3 aromatic rings. The van der Waals surface area contributed by atoms with E-state index in [4.69, 9.17) is 27.9 Å². The van der Waals surface area contributed by atoms with Gasteiger partial charge in [0.05, 0.1) is 5.56 Å². The van der Waals surface area contributed by atoms with Crippen molar-refractivity contribution >= 4 is 39.9 Å². The minimum absolute atomic E-state index is 0.276. The van der Waals surface area contributed by atoms with E-state index in [1.54, 1.807) is 60.9 Å². The zero-order valence-corrected chi connectivity index (χ0v) is 17.1. The number of carbonyl (C=O) groups is 1. The number of halogens is 2. The van der Waals surface area contributed by atoms with Gasteiger partial charge in [-0.15, -0.1) is 0 Å². The molecule has 1 unspecified atom stereocenters. The van der Waals surface area contributed by atoms with Crippen molar-refractivity contribution in [2.45, 2.75) is 11.4 Å². The maximum Gasteiger partial charge on any atom is 0.253 e. The molecule has 0 saturated heterocycles. The molecule has 0 aliphatic heterocycles. The molecule has 1 N–H and O–H groups in total. The first-order chi connectivity index (χ1) is 13.4. The molecule has 0 saturated carbocycles. The fourth-order valence-electron chi connectivity index (χ4n) is 2.34. The lowest BCUT2D eigenvalue weighted by Crippen LogP contribution is -2.23. The van der Waals surface area contributed by atoms with E-state index in [1.807, 2.05) is 0 Å². The molecule has 3 rings (SSSR count). The lowest BCUT2D eigenvalue weighted by atomic mass is 10.2. The zero-order valence-electron chi connectivity index (χ0n) is 14.8. The summed E-state index contributed by atoms with van der Waals surface area (Å²) in [6.45, 7) is 0.276. The van der Waals surface area contributed by atoms with Crippen molar-refractivity contribution in [3.8, 4) is 11.6 Å². The van der Waals surface area contributed by atoms with Crippen LogP contribution in [0.3, 0.4) is 0 Å². The van der Waals surface area contributed by atoms with E-state index >= 15 is 0 Å². The monoisotopic (exact) mass is 434 g/mol. The van der Waals surface area contributed by atoms with Gasteiger partial charge in [0.15, 0.2) is 0 Å². The number of hydrogen-bond donors (Lipinski definition) is 1. The van der Waals surface area contributed by atoms with Crippen LogP contribution in [0.2, 0.25) is 10.0 Å². The molecule has 0 aliphatic carbocycles. The maximum atomic E-state index is 12.3. The molecule has 144 valence electrons. The van der Waals surface area contributed by atoms with Crippen LogP contribution in [0.4, 0.5) is 0 Å². The molecule has 28 heavy (non-hydrogen) atoms. The smallest absolute Gasteiger partial charge is 0.253 e. The van der Waals surface area contributed by atoms with Crippen molar-refractivity contribution < 1.29 is 13.7 Å². The highest BCUT2D eigenvalue weighted by Crippen LogP contribution is 2.22. The number of carbonyl (C=O) groups excluding carboxylic acids is 1. The summed E-state index contributed by atoms with van der Waals surface area (Å²) >= 11 is 12.0. The molecule has 0 aliphatic rings. The molecule has 1 aromatic heterocycles. The second-order valence-electron chi connectivity index (χ2n) is 5.83. The Kier molecular flexibility index (Phi) is 6.67. The van der Waals surface area contributed by atoms with Gasteiger partial charge in [0.25, 0.3) is 5.91 Å². The third-order valence-corrected chi connectivity index (χ3v) is 5.35. The number of rotatable bonds is 6. The van der Waals surface area contributed by atoms with Crippen LogP contribution in [0.15, 0.2) is 65.7 Å². The lowest BCUT2D eigenvalue weighted by Gasteiger charge is -2.08. The summed E-state index contributed by atoms with van der Waals surface area (Å²) in [5.41, 5.74) is 1.16. The number of ether oxygens (including phenoxy) is 1. The minimum Gasteiger partial charge on any atom is -0.439 e. The van der Waals surface area contributed by atoms with Crippen molar-refractivity contribution in [1.82, 2.24) is 10.3 Å². The summed E-state index contributed by atoms with van der Waals surface area (Å²) in [4.78, 5) is 17.1. The predicted molar refractivity (Wildman–Crippen MR) is 111 cm³/mol. The number of aromatic nitrogens is 1. The summed E-state index contributed by atoms with van der Waals surface area (Å²) in [6, 6.07) is 15.2. The average molecular weight is 435 g/mol. The molecule has 2 aromatic carbocycles. The summed E-state index contributed by atoms with van der Waals surface area (Å²) in [5.74, 6) is 0.638. The van der Waals surface area contributed by atoms with Crippen molar-refractivity contribution in [3.05, 3.63) is 82.0 Å². The molecule has 8 heteroatoms. The Morgan fingerprint density at radius 3 is 2.46 bits per heavy atom. The molecular formula is C20H16Cl2N2O3S. The highest BCUT2D eigenvalue weighted by molar-refractivity contribution is 7.84. The normalized spacial score (nSPS) is 11.7. The van der Waals surface area contributed by atoms with Crippen molar-refractivity contribution in [2.75, 3.05) is 6.26 Å². The number of amides is 1. The van der Waals surface area contributed by atoms with Crippen LogP contribution < -0.4 is 10.1 Å². The van der Waals surface area contributed by atoms with Gasteiger partial charge >= 0.3 is 0 Å². The SMILES string of the molecule is CS(=O)c1ccc(Oc2ccc(C(=O)NCc3ccc(Cl)cc3Cl)cn2)cc1. The fraction of sp³-hybridized carbons (Fsp3) is 0.100.